The highest BCUT2D eigenvalue weighted by atomic mass is 32.1. The molecule has 106 valence electrons. The second-order valence-corrected chi connectivity index (χ2v) is 5.06. The van der Waals surface area contributed by atoms with Crippen molar-refractivity contribution in [2.24, 2.45) is 0 Å². The molecule has 0 aliphatic heterocycles. The van der Waals surface area contributed by atoms with Crippen LogP contribution in [-0.4, -0.2) is 24.6 Å². The number of aromatic nitrogens is 1. The Balaban J connectivity index is 1.79. The summed E-state index contributed by atoms with van der Waals surface area (Å²) in [6.07, 6.45) is 0.971. The van der Waals surface area contributed by atoms with Crippen molar-refractivity contribution in [3.8, 4) is 0 Å². The summed E-state index contributed by atoms with van der Waals surface area (Å²) in [7, 11) is 1.36. The third-order valence-electron chi connectivity index (χ3n) is 2.71. The molecule has 2 aromatic rings. The summed E-state index contributed by atoms with van der Waals surface area (Å²) in [5.74, 6) is -0.526. The average Bonchev–Trinajstić information content (AvgIpc) is 2.88. The Kier molecular flexibility index (Phi) is 5.06. The van der Waals surface area contributed by atoms with Gasteiger partial charge < -0.3 is 10.1 Å². The molecule has 1 N–H and O–H groups in total. The van der Waals surface area contributed by atoms with E-state index < -0.39 is 0 Å². The second-order valence-electron chi connectivity index (χ2n) is 4.20. The van der Waals surface area contributed by atoms with Crippen molar-refractivity contribution >= 4 is 22.4 Å². The fourth-order valence-electron chi connectivity index (χ4n) is 1.65. The maximum absolute atomic E-state index is 12.7. The zero-order chi connectivity index (χ0) is 14.4. The number of benzene rings is 1. The molecule has 4 nitrogen and oxygen atoms in total. The molecular weight excluding hydrogens is 279 g/mol. The number of hydrogen-bond donors (Lipinski definition) is 1. The molecule has 20 heavy (non-hydrogen) atoms. The van der Waals surface area contributed by atoms with Crippen molar-refractivity contribution < 1.29 is 13.9 Å². The molecule has 0 saturated heterocycles. The number of rotatable bonds is 6. The SMILES string of the molecule is COC(=O)Cc1csc(NCCc2ccc(F)cc2)n1. The summed E-state index contributed by atoms with van der Waals surface area (Å²) in [6.45, 7) is 0.705. The fraction of sp³-hybridized carbons (Fsp3) is 0.286. The minimum absolute atomic E-state index is 0.187. The monoisotopic (exact) mass is 294 g/mol. The van der Waals surface area contributed by atoms with Crippen molar-refractivity contribution in [2.45, 2.75) is 12.8 Å². The number of halogens is 1. The largest absolute Gasteiger partial charge is 0.469 e. The normalized spacial score (nSPS) is 10.3. The number of ether oxygens (including phenoxy) is 1. The van der Waals surface area contributed by atoms with Gasteiger partial charge >= 0.3 is 5.97 Å². The van der Waals surface area contributed by atoms with Gasteiger partial charge in [-0.1, -0.05) is 12.1 Å². The molecular formula is C14H15FN2O2S. The smallest absolute Gasteiger partial charge is 0.311 e. The highest BCUT2D eigenvalue weighted by Crippen LogP contribution is 2.16. The first-order chi connectivity index (χ1) is 9.67. The van der Waals surface area contributed by atoms with E-state index in [1.807, 2.05) is 5.38 Å². The molecule has 0 bridgehead atoms. The molecule has 0 atom stereocenters. The van der Waals surface area contributed by atoms with Gasteiger partial charge in [0.25, 0.3) is 0 Å². The van der Waals surface area contributed by atoms with Crippen LogP contribution in [0, 0.1) is 5.82 Å². The lowest BCUT2D eigenvalue weighted by atomic mass is 10.1. The molecule has 0 aliphatic rings. The molecule has 0 aliphatic carbocycles. The first-order valence-electron chi connectivity index (χ1n) is 6.17. The second kappa shape index (κ2) is 7.00. The van der Waals surface area contributed by atoms with E-state index in [-0.39, 0.29) is 18.2 Å². The number of esters is 1. The van der Waals surface area contributed by atoms with Gasteiger partial charge in [-0.05, 0) is 24.1 Å². The molecule has 2 rings (SSSR count). The molecule has 1 aromatic heterocycles. The van der Waals surface area contributed by atoms with E-state index in [9.17, 15) is 9.18 Å². The zero-order valence-corrected chi connectivity index (χ0v) is 11.9. The zero-order valence-electron chi connectivity index (χ0n) is 11.1. The predicted octanol–water partition coefficient (Wildman–Crippen LogP) is 2.65. The Bertz CT molecular complexity index is 569. The van der Waals surface area contributed by atoms with E-state index in [4.69, 9.17) is 0 Å². The molecule has 1 heterocycles. The summed E-state index contributed by atoms with van der Waals surface area (Å²) in [6, 6.07) is 6.43. The lowest BCUT2D eigenvalue weighted by Crippen LogP contribution is -2.06. The maximum atomic E-state index is 12.7. The number of carbonyl (C=O) groups excluding carboxylic acids is 1. The van der Waals surface area contributed by atoms with E-state index in [0.29, 0.717) is 12.2 Å². The number of anilines is 1. The highest BCUT2D eigenvalue weighted by Gasteiger charge is 2.07. The van der Waals surface area contributed by atoms with Crippen molar-refractivity contribution in [2.75, 3.05) is 19.0 Å². The van der Waals surface area contributed by atoms with E-state index in [1.165, 1.54) is 30.6 Å². The Morgan fingerprint density at radius 1 is 1.40 bits per heavy atom. The number of thiazole rings is 1. The van der Waals surface area contributed by atoms with Gasteiger partial charge in [0.05, 0.1) is 19.2 Å². The number of hydrogen-bond acceptors (Lipinski definition) is 5. The quantitative estimate of drug-likeness (QED) is 0.832. The van der Waals surface area contributed by atoms with Crippen LogP contribution in [0.3, 0.4) is 0 Å². The fourth-order valence-corrected chi connectivity index (χ4v) is 2.39. The van der Waals surface area contributed by atoms with Gasteiger partial charge in [0.2, 0.25) is 0 Å². The van der Waals surface area contributed by atoms with Crippen LogP contribution in [-0.2, 0) is 22.4 Å². The molecule has 0 radical (unpaired) electrons. The third kappa shape index (κ3) is 4.31. The Labute approximate surface area is 120 Å². The van der Waals surface area contributed by atoms with Crippen molar-refractivity contribution in [3.05, 3.63) is 46.7 Å². The lowest BCUT2D eigenvalue weighted by molar-refractivity contribution is -0.139. The van der Waals surface area contributed by atoms with Gasteiger partial charge in [-0.25, -0.2) is 9.37 Å². The van der Waals surface area contributed by atoms with Gasteiger partial charge in [0, 0.05) is 11.9 Å². The minimum Gasteiger partial charge on any atom is -0.469 e. The van der Waals surface area contributed by atoms with Crippen LogP contribution in [0.1, 0.15) is 11.3 Å². The van der Waals surface area contributed by atoms with Crippen LogP contribution < -0.4 is 5.32 Å². The van der Waals surface area contributed by atoms with Crippen LogP contribution in [0.4, 0.5) is 9.52 Å². The number of methoxy groups -OCH3 is 1. The molecule has 0 unspecified atom stereocenters. The summed E-state index contributed by atoms with van der Waals surface area (Å²) in [5.41, 5.74) is 1.76. The first kappa shape index (κ1) is 14.5. The molecule has 0 saturated carbocycles. The summed E-state index contributed by atoms with van der Waals surface area (Å²) >= 11 is 1.45. The Morgan fingerprint density at radius 2 is 2.15 bits per heavy atom. The van der Waals surface area contributed by atoms with Gasteiger partial charge in [0.15, 0.2) is 5.13 Å². The molecule has 1 aromatic carbocycles. The van der Waals surface area contributed by atoms with Gasteiger partial charge in [0.1, 0.15) is 5.82 Å². The molecule has 0 spiro atoms. The third-order valence-corrected chi connectivity index (χ3v) is 3.56. The summed E-state index contributed by atoms with van der Waals surface area (Å²) < 4.78 is 17.3. The highest BCUT2D eigenvalue weighted by molar-refractivity contribution is 7.13. The van der Waals surface area contributed by atoms with Crippen molar-refractivity contribution in [1.29, 1.82) is 0 Å². The number of nitrogens with one attached hydrogen (secondary N) is 1. The number of nitrogens with zero attached hydrogens (tertiary/aromatic N) is 1. The predicted molar refractivity (Wildman–Crippen MR) is 76.4 cm³/mol. The van der Waals surface area contributed by atoms with Gasteiger partial charge in [-0.2, -0.15) is 0 Å². The average molecular weight is 294 g/mol. The molecule has 0 fully saturated rings. The maximum Gasteiger partial charge on any atom is 0.311 e. The van der Waals surface area contributed by atoms with Gasteiger partial charge in [-0.15, -0.1) is 11.3 Å². The number of carbonyl (C=O) groups is 1. The van der Waals surface area contributed by atoms with E-state index in [0.717, 1.165) is 17.1 Å². The van der Waals surface area contributed by atoms with Crippen molar-refractivity contribution in [1.82, 2.24) is 4.98 Å². The minimum atomic E-state index is -0.298. The van der Waals surface area contributed by atoms with E-state index in [1.54, 1.807) is 12.1 Å². The van der Waals surface area contributed by atoms with Gasteiger partial charge in [-0.3, -0.25) is 4.79 Å². The van der Waals surface area contributed by atoms with E-state index >= 15 is 0 Å². The van der Waals surface area contributed by atoms with Crippen molar-refractivity contribution in [3.63, 3.8) is 0 Å². The van der Waals surface area contributed by atoms with Crippen LogP contribution >= 0.6 is 11.3 Å². The summed E-state index contributed by atoms with van der Waals surface area (Å²) in [5, 5.41) is 5.78. The van der Waals surface area contributed by atoms with Crippen LogP contribution in [0.15, 0.2) is 29.6 Å². The Hall–Kier alpha value is -1.95. The topological polar surface area (TPSA) is 51.2 Å². The first-order valence-corrected chi connectivity index (χ1v) is 7.05. The van der Waals surface area contributed by atoms with Crippen LogP contribution in [0.25, 0.3) is 0 Å². The molecule has 0 amide bonds. The Morgan fingerprint density at radius 3 is 2.85 bits per heavy atom. The van der Waals surface area contributed by atoms with Crippen LogP contribution in [0.5, 0.6) is 0 Å². The standard InChI is InChI=1S/C14H15FN2O2S/c1-19-13(18)8-12-9-20-14(17-12)16-7-6-10-2-4-11(15)5-3-10/h2-5,9H,6-8H2,1H3,(H,16,17). The van der Waals surface area contributed by atoms with Crippen LogP contribution in [0.2, 0.25) is 0 Å². The van der Waals surface area contributed by atoms with E-state index in [2.05, 4.69) is 15.0 Å². The lowest BCUT2D eigenvalue weighted by Gasteiger charge is -2.03. The summed E-state index contributed by atoms with van der Waals surface area (Å²) in [4.78, 5) is 15.4. The molecule has 6 heteroatoms.